The van der Waals surface area contributed by atoms with E-state index in [1.54, 1.807) is 6.20 Å². The molecule has 0 radical (unpaired) electrons. The van der Waals surface area contributed by atoms with E-state index >= 15 is 0 Å². The Hall–Kier alpha value is -1.45. The highest BCUT2D eigenvalue weighted by Gasteiger charge is 2.42. The molecule has 2 aromatic rings. The van der Waals surface area contributed by atoms with Gasteiger partial charge in [0.1, 0.15) is 17.1 Å². The molecule has 0 aliphatic carbocycles. The van der Waals surface area contributed by atoms with E-state index in [9.17, 15) is 15.0 Å². The van der Waals surface area contributed by atoms with Gasteiger partial charge in [0, 0.05) is 11.8 Å². The van der Waals surface area contributed by atoms with Gasteiger partial charge in [0.05, 0.1) is 31.1 Å². The molecule has 2 aromatic heterocycles. The minimum absolute atomic E-state index is 0. The second-order valence-corrected chi connectivity index (χ2v) is 4.61. The Balaban J connectivity index is 0.00000147. The maximum Gasteiger partial charge on any atom is 0.275 e. The van der Waals surface area contributed by atoms with Crippen LogP contribution in [0.25, 0.3) is 11.0 Å². The van der Waals surface area contributed by atoms with E-state index in [0.29, 0.717) is 16.6 Å². The molecule has 9 heteroatoms. The fourth-order valence-electron chi connectivity index (χ4n) is 2.51. The number of rotatable bonds is 2. The van der Waals surface area contributed by atoms with E-state index in [2.05, 4.69) is 20.3 Å². The Kier molecular flexibility index (Phi) is 4.11. The molecule has 1 saturated heterocycles. The maximum atomic E-state index is 11.6. The van der Waals surface area contributed by atoms with Crippen LogP contribution in [-0.2, 0) is 0 Å². The van der Waals surface area contributed by atoms with Crippen LogP contribution in [0.3, 0.4) is 0 Å². The van der Waals surface area contributed by atoms with Gasteiger partial charge in [0.2, 0.25) is 0 Å². The summed E-state index contributed by atoms with van der Waals surface area (Å²) in [5.74, 6) is 0. The number of aliphatic hydroxyl groups is 3. The van der Waals surface area contributed by atoms with Crippen molar-refractivity contribution in [2.24, 2.45) is 0 Å². The number of nitrogens with zero attached hydrogens (tertiary/aromatic N) is 1. The SMILES string of the molecule is Cl.O=c1[nH]cnc2c([C@@H]3N[C@H](CO)[C@H](O)[C@H]3O)c[nH]c12. The van der Waals surface area contributed by atoms with Gasteiger partial charge in [0.25, 0.3) is 5.56 Å². The number of halogens is 1. The third kappa shape index (κ3) is 2.11. The lowest BCUT2D eigenvalue weighted by molar-refractivity contribution is 0.0196. The van der Waals surface area contributed by atoms with Gasteiger partial charge in [-0.3, -0.25) is 4.79 Å². The lowest BCUT2D eigenvalue weighted by Crippen LogP contribution is -2.35. The highest BCUT2D eigenvalue weighted by molar-refractivity contribution is 5.85. The number of nitrogens with one attached hydrogen (secondary N) is 3. The zero-order valence-electron chi connectivity index (χ0n) is 10.3. The largest absolute Gasteiger partial charge is 0.395 e. The van der Waals surface area contributed by atoms with Gasteiger partial charge in [0.15, 0.2) is 0 Å². The van der Waals surface area contributed by atoms with Crippen LogP contribution in [0.5, 0.6) is 0 Å². The Bertz CT molecular complexity index is 657. The summed E-state index contributed by atoms with van der Waals surface area (Å²) >= 11 is 0. The third-order valence-electron chi connectivity index (χ3n) is 3.53. The summed E-state index contributed by atoms with van der Waals surface area (Å²) in [5, 5.41) is 31.8. The first-order chi connectivity index (χ1) is 9.13. The van der Waals surface area contributed by atoms with Crippen molar-refractivity contribution in [1.29, 1.82) is 0 Å². The molecule has 0 spiro atoms. The second-order valence-electron chi connectivity index (χ2n) is 4.61. The van der Waals surface area contributed by atoms with Crippen LogP contribution in [-0.4, -0.2) is 55.1 Å². The number of aromatic amines is 2. The molecule has 6 N–H and O–H groups in total. The van der Waals surface area contributed by atoms with Crippen molar-refractivity contribution in [3.8, 4) is 0 Å². The van der Waals surface area contributed by atoms with Crippen molar-refractivity contribution < 1.29 is 15.3 Å². The van der Waals surface area contributed by atoms with Gasteiger partial charge >= 0.3 is 0 Å². The number of hydrogen-bond acceptors (Lipinski definition) is 6. The average Bonchev–Trinajstić information content (AvgIpc) is 2.94. The molecule has 3 heterocycles. The van der Waals surface area contributed by atoms with Crippen molar-refractivity contribution in [1.82, 2.24) is 20.3 Å². The molecular weight excluding hydrogens is 288 g/mol. The zero-order valence-corrected chi connectivity index (χ0v) is 11.1. The van der Waals surface area contributed by atoms with Gasteiger partial charge < -0.3 is 30.6 Å². The molecule has 3 rings (SSSR count). The van der Waals surface area contributed by atoms with Crippen molar-refractivity contribution in [3.63, 3.8) is 0 Å². The summed E-state index contributed by atoms with van der Waals surface area (Å²) in [7, 11) is 0. The minimum Gasteiger partial charge on any atom is -0.395 e. The molecule has 0 amide bonds. The highest BCUT2D eigenvalue weighted by atomic mass is 35.5. The maximum absolute atomic E-state index is 11.6. The summed E-state index contributed by atoms with van der Waals surface area (Å²) in [5.41, 5.74) is 1.03. The molecule has 20 heavy (non-hydrogen) atoms. The summed E-state index contributed by atoms with van der Waals surface area (Å²) in [6, 6.07) is -1.19. The molecule has 1 aliphatic heterocycles. The van der Waals surface area contributed by atoms with Crippen LogP contribution >= 0.6 is 12.4 Å². The van der Waals surface area contributed by atoms with Crippen LogP contribution in [0.4, 0.5) is 0 Å². The summed E-state index contributed by atoms with van der Waals surface area (Å²) < 4.78 is 0. The van der Waals surface area contributed by atoms with Gasteiger partial charge in [-0.05, 0) is 0 Å². The lowest BCUT2D eigenvalue weighted by Gasteiger charge is -2.14. The molecule has 1 aliphatic rings. The lowest BCUT2D eigenvalue weighted by atomic mass is 10.0. The van der Waals surface area contributed by atoms with Crippen LogP contribution in [0.1, 0.15) is 11.6 Å². The molecule has 4 atom stereocenters. The van der Waals surface area contributed by atoms with E-state index in [0.717, 1.165) is 0 Å². The molecule has 110 valence electrons. The Morgan fingerprint density at radius 2 is 2.00 bits per heavy atom. The smallest absolute Gasteiger partial charge is 0.275 e. The summed E-state index contributed by atoms with van der Waals surface area (Å²) in [6.07, 6.45) is 0.711. The van der Waals surface area contributed by atoms with E-state index in [1.165, 1.54) is 6.33 Å². The molecular formula is C11H15ClN4O4. The topological polar surface area (TPSA) is 134 Å². The monoisotopic (exact) mass is 302 g/mol. The standard InChI is InChI=1S/C11H14N4O4.ClH/c16-2-5-9(17)10(18)7(15-5)4-1-12-8-6(4)13-3-14-11(8)19;/h1,3,5,7,9-10,12,15-18H,2H2,(H,13,14,19);1H/t5-,7+,9+,10+;/m1./s1. The zero-order chi connectivity index (χ0) is 13.6. The van der Waals surface area contributed by atoms with Crippen molar-refractivity contribution >= 4 is 23.4 Å². The first-order valence-corrected chi connectivity index (χ1v) is 5.91. The van der Waals surface area contributed by atoms with Crippen LogP contribution in [0.15, 0.2) is 17.3 Å². The number of fused-ring (bicyclic) bond motifs is 1. The van der Waals surface area contributed by atoms with Crippen LogP contribution in [0.2, 0.25) is 0 Å². The predicted octanol–water partition coefficient (Wildman–Crippen LogP) is -1.60. The quantitative estimate of drug-likeness (QED) is 0.396. The summed E-state index contributed by atoms with van der Waals surface area (Å²) in [6.45, 7) is -0.287. The number of aromatic nitrogens is 3. The Morgan fingerprint density at radius 1 is 1.25 bits per heavy atom. The first kappa shape index (κ1) is 14.9. The third-order valence-corrected chi connectivity index (χ3v) is 3.53. The van der Waals surface area contributed by atoms with Crippen molar-refractivity contribution in [2.75, 3.05) is 6.61 Å². The minimum atomic E-state index is -1.07. The second kappa shape index (κ2) is 5.51. The fourth-order valence-corrected chi connectivity index (χ4v) is 2.51. The average molecular weight is 303 g/mol. The molecule has 0 saturated carbocycles. The first-order valence-electron chi connectivity index (χ1n) is 5.91. The molecule has 0 aromatic carbocycles. The molecule has 0 bridgehead atoms. The van der Waals surface area contributed by atoms with E-state index in [-0.39, 0.29) is 24.6 Å². The Morgan fingerprint density at radius 3 is 2.65 bits per heavy atom. The van der Waals surface area contributed by atoms with E-state index in [1.807, 2.05) is 0 Å². The fraction of sp³-hybridized carbons (Fsp3) is 0.455. The van der Waals surface area contributed by atoms with E-state index < -0.39 is 24.3 Å². The van der Waals surface area contributed by atoms with Gasteiger partial charge in [-0.1, -0.05) is 0 Å². The van der Waals surface area contributed by atoms with Gasteiger partial charge in [-0.2, -0.15) is 0 Å². The Labute approximate surface area is 119 Å². The number of hydrogen-bond donors (Lipinski definition) is 6. The van der Waals surface area contributed by atoms with Crippen molar-refractivity contribution in [3.05, 3.63) is 28.4 Å². The number of aliphatic hydroxyl groups excluding tert-OH is 3. The van der Waals surface area contributed by atoms with Crippen molar-refractivity contribution in [2.45, 2.75) is 24.3 Å². The molecule has 0 unspecified atom stereocenters. The van der Waals surface area contributed by atoms with Crippen LogP contribution in [0, 0.1) is 0 Å². The molecule has 8 nitrogen and oxygen atoms in total. The van der Waals surface area contributed by atoms with Crippen LogP contribution < -0.4 is 10.9 Å². The van der Waals surface area contributed by atoms with Gasteiger partial charge in [-0.15, -0.1) is 12.4 Å². The van der Waals surface area contributed by atoms with Gasteiger partial charge in [-0.25, -0.2) is 4.98 Å². The highest BCUT2D eigenvalue weighted by Crippen LogP contribution is 2.30. The normalized spacial score (nSPS) is 29.6. The summed E-state index contributed by atoms with van der Waals surface area (Å²) in [4.78, 5) is 20.9. The molecule has 1 fully saturated rings. The van der Waals surface area contributed by atoms with E-state index in [4.69, 9.17) is 5.11 Å². The number of H-pyrrole nitrogens is 2. The predicted molar refractivity (Wildman–Crippen MR) is 72.7 cm³/mol.